The van der Waals surface area contributed by atoms with Gasteiger partial charge in [-0.2, -0.15) is 0 Å². The Bertz CT molecular complexity index is 3570. The van der Waals surface area contributed by atoms with E-state index in [9.17, 15) is 167 Å². The summed E-state index contributed by atoms with van der Waals surface area (Å²) >= 11 is 0. The Kier molecular flexibility index (Phi) is 38.3. The van der Waals surface area contributed by atoms with E-state index in [0.29, 0.717) is 0 Å². The number of rotatable bonds is 33. The second-order valence-electron chi connectivity index (χ2n) is 33.4. The number of carbonyl (C=O) groups is 4. The van der Waals surface area contributed by atoms with Crippen molar-refractivity contribution in [3.05, 3.63) is 0 Å². The van der Waals surface area contributed by atoms with Crippen LogP contribution in [0.5, 0.6) is 0 Å². The summed E-state index contributed by atoms with van der Waals surface area (Å²) in [5.74, 6) is -3.91. The van der Waals surface area contributed by atoms with Gasteiger partial charge in [-0.05, 0) is 6.92 Å². The summed E-state index contributed by atoms with van der Waals surface area (Å²) in [4.78, 5) is 52.3. The molecule has 0 saturated carbocycles. The molecule has 11 aliphatic heterocycles. The van der Waals surface area contributed by atoms with Crippen molar-refractivity contribution in [2.75, 3.05) is 66.1 Å². The van der Waals surface area contributed by atoms with Gasteiger partial charge in [-0.3, -0.25) is 19.2 Å². The molecule has 11 fully saturated rings. The van der Waals surface area contributed by atoms with Gasteiger partial charge in [0.05, 0.1) is 72.2 Å². The smallest absolute Gasteiger partial charge is 0.217 e. The van der Waals surface area contributed by atoms with Crippen molar-refractivity contribution in [2.45, 2.75) is 366 Å². The lowest BCUT2D eigenvalue weighted by Crippen LogP contribution is -2.71. The highest BCUT2D eigenvalue weighted by atomic mass is 16.8. The molecule has 4 amide bonds. The number of ether oxygens (including phenoxy) is 21. The lowest BCUT2D eigenvalue weighted by atomic mass is 9.93. The third-order valence-corrected chi connectivity index (χ3v) is 24.1. The Morgan fingerprint density at radius 1 is 0.244 bits per heavy atom. The molecule has 0 aromatic heterocycles. The molecule has 33 N–H and O–H groups in total. The van der Waals surface area contributed by atoms with Crippen LogP contribution in [0.15, 0.2) is 0 Å². The molecule has 58 nitrogen and oxygen atoms in total. The van der Waals surface area contributed by atoms with Crippen molar-refractivity contribution in [1.82, 2.24) is 21.3 Å². The van der Waals surface area contributed by atoms with Crippen molar-refractivity contribution in [3.63, 3.8) is 0 Å². The van der Waals surface area contributed by atoms with Gasteiger partial charge in [0, 0.05) is 27.7 Å². The van der Waals surface area contributed by atoms with E-state index >= 15 is 0 Å². The predicted octanol–water partition coefficient (Wildman–Crippen LogP) is -22.7. The maximum absolute atomic E-state index is 13.5. The van der Waals surface area contributed by atoms with Gasteiger partial charge in [0.2, 0.25) is 23.6 Å². The van der Waals surface area contributed by atoms with Crippen LogP contribution in [0, 0.1) is 0 Å². The third kappa shape index (κ3) is 23.8. The largest absolute Gasteiger partial charge is 0.394 e. The number of amides is 4. The first-order valence-corrected chi connectivity index (χ1v) is 41.9. The molecule has 11 saturated heterocycles. The van der Waals surface area contributed by atoms with Gasteiger partial charge in [0.25, 0.3) is 0 Å². The molecule has 58 heteroatoms. The SMILES string of the molecule is CC(=O)N[C@@H]1[C@@H](O)[C@H](O[C@@H]2O[C@H](CO)[C@@H](O[C@@H]3O[C@H](CO[C@H]4O[C@H](CO)[C@@H](O)[C@H](O)[C@@H]4O[C@@H]4O[C@H](CO)[C@@H](O[C@@H]5O[C@H](CO)[C@H](O)[C@H](O)[C@H]5O)[C@H](O)[C@H]4NC(C)=O)[C@@H](O)[C@H](O[C@H]4O[C@H](CO)[C@@H](O)[C@H](O)[C@@H]4O[C@@H]4O[C@H](CO)[C@@H](O[C@@H]5O[C@H](CO)[C@H](O)[C@H](O)[C@H]5O)[C@H](O)[C@H]4NC(C)=O)[C@@H]3O[C@@H]3OC[C@@H](O)[C@H](O)[C@H]3O)[C@H](O)[C@H]2NC(C)=O)[C@@H](CO[C@@H]2O[C@@H](C)[C@@H](O)[C@@H](O)[C@@H]2O)O[C@H]1O. The second kappa shape index (κ2) is 46.8. The molecule has 11 heterocycles. The molecule has 0 unspecified atom stereocenters. The quantitative estimate of drug-likeness (QED) is 0.0290. The molecular formula is C73H122N4O54. The van der Waals surface area contributed by atoms with E-state index in [-0.39, 0.29) is 0 Å². The van der Waals surface area contributed by atoms with Gasteiger partial charge >= 0.3 is 0 Å². The third-order valence-electron chi connectivity index (χ3n) is 24.1. The normalized spacial score (nSPS) is 50.1. The molecule has 0 aromatic carbocycles. The average Bonchev–Trinajstić information content (AvgIpc) is 1.35. The molecule has 0 aromatic rings. The highest BCUT2D eigenvalue weighted by Gasteiger charge is 2.63. The van der Waals surface area contributed by atoms with Crippen molar-refractivity contribution < 1.29 is 267 Å². The summed E-state index contributed by atoms with van der Waals surface area (Å²) in [5, 5.41) is 335. The van der Waals surface area contributed by atoms with Gasteiger partial charge in [-0.25, -0.2) is 0 Å². The molecule has 54 atom stereocenters. The zero-order valence-corrected chi connectivity index (χ0v) is 70.4. The Labute approximate surface area is 741 Å². The van der Waals surface area contributed by atoms with E-state index in [1.165, 1.54) is 6.92 Å². The van der Waals surface area contributed by atoms with Gasteiger partial charge < -0.3 is 269 Å². The molecule has 0 aliphatic carbocycles. The highest BCUT2D eigenvalue weighted by Crippen LogP contribution is 2.42. The minimum absolute atomic E-state index is 0.875. The predicted molar refractivity (Wildman–Crippen MR) is 401 cm³/mol. The number of hydrogen-bond acceptors (Lipinski definition) is 54. The van der Waals surface area contributed by atoms with Crippen LogP contribution >= 0.6 is 0 Å². The zero-order chi connectivity index (χ0) is 96.2. The van der Waals surface area contributed by atoms with Crippen molar-refractivity contribution >= 4 is 23.6 Å². The summed E-state index contributed by atoms with van der Waals surface area (Å²) in [5.41, 5.74) is 0. The Hall–Kier alpha value is -4.12. The van der Waals surface area contributed by atoms with Crippen LogP contribution in [0.1, 0.15) is 34.6 Å². The number of aliphatic hydroxyl groups excluding tert-OH is 29. The van der Waals surface area contributed by atoms with E-state index < -0.39 is 421 Å². The van der Waals surface area contributed by atoms with Crippen LogP contribution in [0.4, 0.5) is 0 Å². The van der Waals surface area contributed by atoms with Gasteiger partial charge in [-0.15, -0.1) is 0 Å². The summed E-state index contributed by atoms with van der Waals surface area (Å²) < 4.78 is 127. The molecule has 0 spiro atoms. The Morgan fingerprint density at radius 2 is 0.534 bits per heavy atom. The van der Waals surface area contributed by atoms with Gasteiger partial charge in [-0.1, -0.05) is 0 Å². The molecular weight excluding hydrogens is 1800 g/mol. The number of hydrogen-bond donors (Lipinski definition) is 33. The van der Waals surface area contributed by atoms with Crippen LogP contribution in [-0.4, -0.2) is 569 Å². The fraction of sp³-hybridized carbons (Fsp3) is 0.945. The lowest BCUT2D eigenvalue weighted by molar-refractivity contribution is -0.412. The minimum atomic E-state index is -2.64. The van der Waals surface area contributed by atoms with Crippen molar-refractivity contribution in [1.29, 1.82) is 0 Å². The van der Waals surface area contributed by atoms with E-state index in [0.717, 1.165) is 27.7 Å². The number of aliphatic hydroxyl groups is 29. The molecule has 11 aliphatic rings. The van der Waals surface area contributed by atoms with Gasteiger partial charge in [0.15, 0.2) is 69.2 Å². The topological polar surface area (TPSA) is 897 Å². The Balaban J connectivity index is 0.983. The summed E-state index contributed by atoms with van der Waals surface area (Å²) in [6.07, 6.45) is -107. The summed E-state index contributed by atoms with van der Waals surface area (Å²) in [6, 6.07) is -7.95. The van der Waals surface area contributed by atoms with Crippen LogP contribution in [-0.2, 0) is 119 Å². The maximum Gasteiger partial charge on any atom is 0.217 e. The van der Waals surface area contributed by atoms with Gasteiger partial charge in [0.1, 0.15) is 256 Å². The molecule has 131 heavy (non-hydrogen) atoms. The molecule has 0 radical (unpaired) electrons. The monoisotopic (exact) mass is 1920 g/mol. The molecule has 0 bridgehead atoms. The van der Waals surface area contributed by atoms with E-state index in [1.807, 2.05) is 0 Å². The van der Waals surface area contributed by atoms with E-state index in [4.69, 9.17) is 99.5 Å². The first-order chi connectivity index (χ1) is 62.0. The minimum Gasteiger partial charge on any atom is -0.394 e. The fourth-order valence-corrected chi connectivity index (χ4v) is 17.0. The molecule has 11 rings (SSSR count). The van der Waals surface area contributed by atoms with E-state index in [1.54, 1.807) is 0 Å². The van der Waals surface area contributed by atoms with Crippen molar-refractivity contribution in [3.8, 4) is 0 Å². The summed E-state index contributed by atoms with van der Waals surface area (Å²) in [7, 11) is 0. The zero-order valence-electron chi connectivity index (χ0n) is 70.4. The summed E-state index contributed by atoms with van der Waals surface area (Å²) in [6.45, 7) is -6.31. The average molecular weight is 1920 g/mol. The fourth-order valence-electron chi connectivity index (χ4n) is 17.0. The first kappa shape index (κ1) is 107. The van der Waals surface area contributed by atoms with Crippen molar-refractivity contribution in [2.24, 2.45) is 0 Å². The maximum atomic E-state index is 13.5. The number of carbonyl (C=O) groups excluding carboxylic acids is 4. The van der Waals surface area contributed by atoms with E-state index in [2.05, 4.69) is 21.3 Å². The molecule has 758 valence electrons. The van der Waals surface area contributed by atoms with Crippen LogP contribution < -0.4 is 21.3 Å². The first-order valence-electron chi connectivity index (χ1n) is 41.9. The van der Waals surface area contributed by atoms with Crippen LogP contribution in [0.3, 0.4) is 0 Å². The highest BCUT2D eigenvalue weighted by molar-refractivity contribution is 5.74. The lowest BCUT2D eigenvalue weighted by Gasteiger charge is -2.52. The standard InChI is InChI=1S/C73H122N4O54/c1-16-35(90)46(101)52(107)67(114-16)112-15-30-58(42(97)31(63(110)115-30)74-17(2)85)124-64-32(75-18(3)86)45(100)57(28(12-84)120-64)127-73-62(131-68-51(106)36(91)21(89)13-111-68)59(128-72-61(50(105)40(95)25(9-81)119-72)130-66-34(77-20(5)88)44(99)56(27(11-83)122-66)126-70-54(109)48(103)38(93)23(7-79)117-70)41(96)29(123-73)14-113-71-60(49(104)39(94)24(8-80)118-71)129-65-33(76-19(4)87)43(98)55(26(10-82)121-65)125-69-53(108)47(102)37(92)22(6-78)116-69/h16,21-73,78-84,89-110H,6-15H2,1-5H3,(H,74,85)(H,75,86)(H,76,87)(H,77,88)/t16-,21+,22+,23+,24+,25+,26+,27+,28+,29+,30+,31+,32+,33+,34+,35+,36-,37-,38-,39+,40+,41+,42+,43+,44+,45+,46+,47-,48-,49-,50-,51+,52-,53+,54+,55+,56+,57+,58+,59-,60-,61-,62-,63+,64-,65-,66-,67+,68-,69-,70-,71-,72+,73-/m0/s1. The second-order valence-corrected chi connectivity index (χ2v) is 33.4. The number of nitrogens with one attached hydrogen (secondary N) is 4. The van der Waals surface area contributed by atoms with Crippen LogP contribution in [0.25, 0.3) is 0 Å². The Morgan fingerprint density at radius 3 is 0.962 bits per heavy atom. The van der Waals surface area contributed by atoms with Crippen LogP contribution in [0.2, 0.25) is 0 Å².